The van der Waals surface area contributed by atoms with E-state index in [1.165, 1.54) is 29.2 Å². The number of ether oxygens (including phenoxy) is 1. The maximum absolute atomic E-state index is 14.2. The van der Waals surface area contributed by atoms with Crippen LogP contribution in [0.15, 0.2) is 72.8 Å². The standard InChI is InChI=1S/C27H25ClFN3O5/c28-23-3-1-2-4-24(23)31-27(36)30-20-9-5-17(6-10-20)13-25(33)32-15-19(29)14-21(32)16-37-22-11-7-18(8-12-22)26(34)35/h1-12,19,21H,13-16H2,(H,34,35)(H2,30,31,36). The van der Waals surface area contributed by atoms with Gasteiger partial charge in [0.15, 0.2) is 0 Å². The van der Waals surface area contributed by atoms with Gasteiger partial charge in [-0.3, -0.25) is 4.79 Å². The number of rotatable bonds is 8. The summed E-state index contributed by atoms with van der Waals surface area (Å²) >= 11 is 6.05. The normalized spacial score (nSPS) is 16.8. The Labute approximate surface area is 218 Å². The number of benzene rings is 3. The molecule has 1 aliphatic heterocycles. The average Bonchev–Trinajstić information content (AvgIpc) is 3.26. The predicted molar refractivity (Wildman–Crippen MR) is 138 cm³/mol. The zero-order chi connectivity index (χ0) is 26.4. The molecule has 1 saturated heterocycles. The molecule has 0 aliphatic carbocycles. The lowest BCUT2D eigenvalue weighted by atomic mass is 10.1. The van der Waals surface area contributed by atoms with Crippen molar-refractivity contribution in [3.8, 4) is 5.75 Å². The van der Waals surface area contributed by atoms with E-state index in [1.807, 2.05) is 0 Å². The Morgan fingerprint density at radius 2 is 1.70 bits per heavy atom. The first-order chi connectivity index (χ1) is 17.8. The van der Waals surface area contributed by atoms with Gasteiger partial charge in [-0.1, -0.05) is 35.9 Å². The van der Waals surface area contributed by atoms with Gasteiger partial charge in [-0.05, 0) is 54.1 Å². The van der Waals surface area contributed by atoms with Crippen LogP contribution in [0.3, 0.4) is 0 Å². The molecule has 3 aromatic rings. The quantitative estimate of drug-likeness (QED) is 0.372. The number of nitrogens with one attached hydrogen (secondary N) is 2. The van der Waals surface area contributed by atoms with Crippen molar-refractivity contribution in [3.63, 3.8) is 0 Å². The molecule has 0 aromatic heterocycles. The highest BCUT2D eigenvalue weighted by molar-refractivity contribution is 6.33. The highest BCUT2D eigenvalue weighted by atomic mass is 35.5. The van der Waals surface area contributed by atoms with Gasteiger partial charge >= 0.3 is 12.0 Å². The van der Waals surface area contributed by atoms with E-state index in [4.69, 9.17) is 21.4 Å². The number of alkyl halides is 1. The molecule has 192 valence electrons. The summed E-state index contributed by atoms with van der Waals surface area (Å²) < 4.78 is 19.9. The van der Waals surface area contributed by atoms with Crippen LogP contribution in [0.4, 0.5) is 20.6 Å². The minimum absolute atomic E-state index is 0.00727. The molecule has 0 spiro atoms. The summed E-state index contributed by atoms with van der Waals surface area (Å²) in [4.78, 5) is 37.6. The summed E-state index contributed by atoms with van der Waals surface area (Å²) in [5.41, 5.74) is 1.87. The Hall–Kier alpha value is -4.11. The van der Waals surface area contributed by atoms with E-state index in [-0.39, 0.29) is 37.5 Å². The van der Waals surface area contributed by atoms with Gasteiger partial charge < -0.3 is 25.4 Å². The fraction of sp³-hybridized carbons (Fsp3) is 0.222. The van der Waals surface area contributed by atoms with Gasteiger partial charge in [-0.2, -0.15) is 0 Å². The highest BCUT2D eigenvalue weighted by Gasteiger charge is 2.35. The predicted octanol–water partition coefficient (Wildman–Crippen LogP) is 5.24. The number of halogens is 2. The fourth-order valence-electron chi connectivity index (χ4n) is 4.04. The van der Waals surface area contributed by atoms with E-state index in [9.17, 15) is 18.8 Å². The van der Waals surface area contributed by atoms with Gasteiger partial charge in [0.05, 0.1) is 35.3 Å². The van der Waals surface area contributed by atoms with Crippen LogP contribution >= 0.6 is 11.6 Å². The molecule has 2 atom stereocenters. The van der Waals surface area contributed by atoms with Crippen LogP contribution in [-0.4, -0.2) is 53.3 Å². The lowest BCUT2D eigenvalue weighted by Crippen LogP contribution is -2.40. The number of likely N-dealkylation sites (tertiary alicyclic amines) is 1. The van der Waals surface area contributed by atoms with Crippen LogP contribution in [0.5, 0.6) is 5.75 Å². The van der Waals surface area contributed by atoms with Crippen LogP contribution in [-0.2, 0) is 11.2 Å². The maximum Gasteiger partial charge on any atom is 0.335 e. The van der Waals surface area contributed by atoms with E-state index >= 15 is 0 Å². The second-order valence-electron chi connectivity index (χ2n) is 8.61. The first kappa shape index (κ1) is 26.0. The molecule has 0 bridgehead atoms. The van der Waals surface area contributed by atoms with Crippen LogP contribution in [0.2, 0.25) is 5.02 Å². The molecule has 3 amide bonds. The molecule has 3 N–H and O–H groups in total. The van der Waals surface area contributed by atoms with E-state index in [0.29, 0.717) is 27.7 Å². The summed E-state index contributed by atoms with van der Waals surface area (Å²) in [7, 11) is 0. The molecular formula is C27H25ClFN3O5. The van der Waals surface area contributed by atoms with E-state index in [2.05, 4.69) is 10.6 Å². The number of nitrogens with zero attached hydrogens (tertiary/aromatic N) is 1. The molecule has 1 heterocycles. The van der Waals surface area contributed by atoms with Crippen molar-refractivity contribution in [1.29, 1.82) is 0 Å². The summed E-state index contributed by atoms with van der Waals surface area (Å²) in [5, 5.41) is 14.8. The number of anilines is 2. The molecule has 1 aliphatic rings. The van der Waals surface area contributed by atoms with E-state index in [0.717, 1.165) is 0 Å². The molecule has 10 heteroatoms. The Bertz CT molecular complexity index is 1270. The van der Waals surface area contributed by atoms with Crippen LogP contribution in [0.25, 0.3) is 0 Å². The molecule has 3 aromatic carbocycles. The van der Waals surface area contributed by atoms with Crippen molar-refractivity contribution in [2.75, 3.05) is 23.8 Å². The number of hydrogen-bond acceptors (Lipinski definition) is 4. The highest BCUT2D eigenvalue weighted by Crippen LogP contribution is 2.24. The van der Waals surface area contributed by atoms with Crippen molar-refractivity contribution in [2.24, 2.45) is 0 Å². The SMILES string of the molecule is O=C(Nc1ccc(CC(=O)N2CC(F)CC2COc2ccc(C(=O)O)cc2)cc1)Nc1ccccc1Cl. The third kappa shape index (κ3) is 6.98. The zero-order valence-corrected chi connectivity index (χ0v) is 20.5. The van der Waals surface area contributed by atoms with Crippen LogP contribution in [0, 0.1) is 0 Å². The van der Waals surface area contributed by atoms with Crippen molar-refractivity contribution < 1.29 is 28.6 Å². The number of urea groups is 1. The molecule has 37 heavy (non-hydrogen) atoms. The maximum atomic E-state index is 14.2. The zero-order valence-electron chi connectivity index (χ0n) is 19.7. The smallest absolute Gasteiger partial charge is 0.335 e. The van der Waals surface area contributed by atoms with Crippen molar-refractivity contribution >= 4 is 40.9 Å². The molecule has 0 saturated carbocycles. The number of para-hydroxylation sites is 1. The summed E-state index contributed by atoms with van der Waals surface area (Å²) in [5.74, 6) is -0.822. The second-order valence-corrected chi connectivity index (χ2v) is 9.01. The largest absolute Gasteiger partial charge is 0.491 e. The first-order valence-electron chi connectivity index (χ1n) is 11.6. The first-order valence-corrected chi connectivity index (χ1v) is 12.0. The third-order valence-electron chi connectivity index (χ3n) is 5.92. The van der Waals surface area contributed by atoms with Gasteiger partial charge in [-0.15, -0.1) is 0 Å². The summed E-state index contributed by atoms with van der Waals surface area (Å²) in [6.45, 7) is 0.0919. The Morgan fingerprint density at radius 1 is 1.00 bits per heavy atom. The second kappa shape index (κ2) is 11.7. The summed E-state index contributed by atoms with van der Waals surface area (Å²) in [6.07, 6.45) is -0.902. The molecule has 1 fully saturated rings. The van der Waals surface area contributed by atoms with Gasteiger partial charge in [0.1, 0.15) is 18.5 Å². The van der Waals surface area contributed by atoms with Crippen LogP contribution in [0.1, 0.15) is 22.3 Å². The Kier molecular flexibility index (Phi) is 8.25. The molecular weight excluding hydrogens is 501 g/mol. The molecule has 0 radical (unpaired) electrons. The van der Waals surface area contributed by atoms with Gasteiger partial charge in [0.25, 0.3) is 0 Å². The number of carbonyl (C=O) groups excluding carboxylic acids is 2. The monoisotopic (exact) mass is 525 g/mol. The van der Waals surface area contributed by atoms with Gasteiger partial charge in [0.2, 0.25) is 5.91 Å². The molecule has 2 unspecified atom stereocenters. The molecule has 8 nitrogen and oxygen atoms in total. The Balaban J connectivity index is 1.30. The fourth-order valence-corrected chi connectivity index (χ4v) is 4.22. The molecule has 4 rings (SSSR count). The Morgan fingerprint density at radius 3 is 2.38 bits per heavy atom. The number of carboxylic acid groups (broad SMARTS) is 1. The number of hydrogen-bond donors (Lipinski definition) is 3. The van der Waals surface area contributed by atoms with Crippen molar-refractivity contribution in [1.82, 2.24) is 4.90 Å². The summed E-state index contributed by atoms with van der Waals surface area (Å²) in [6, 6.07) is 18.7. The number of carboxylic acids is 1. The third-order valence-corrected chi connectivity index (χ3v) is 6.25. The minimum atomic E-state index is -1.14. The number of carbonyl (C=O) groups is 3. The van der Waals surface area contributed by atoms with E-state index in [1.54, 1.807) is 48.5 Å². The average molecular weight is 526 g/mol. The number of amides is 3. The lowest BCUT2D eigenvalue weighted by Gasteiger charge is -2.24. The van der Waals surface area contributed by atoms with Gasteiger partial charge in [0, 0.05) is 12.1 Å². The van der Waals surface area contributed by atoms with Crippen LogP contribution < -0.4 is 15.4 Å². The van der Waals surface area contributed by atoms with Gasteiger partial charge in [-0.25, -0.2) is 14.0 Å². The lowest BCUT2D eigenvalue weighted by molar-refractivity contribution is -0.132. The topological polar surface area (TPSA) is 108 Å². The van der Waals surface area contributed by atoms with E-state index < -0.39 is 24.2 Å². The van der Waals surface area contributed by atoms with Crippen molar-refractivity contribution in [3.05, 3.63) is 88.9 Å². The minimum Gasteiger partial charge on any atom is -0.491 e. The number of aromatic carboxylic acids is 1. The van der Waals surface area contributed by atoms with Crippen molar-refractivity contribution in [2.45, 2.75) is 25.1 Å².